The predicted molar refractivity (Wildman–Crippen MR) is 133 cm³/mol. The van der Waals surface area contributed by atoms with Crippen LogP contribution in [0.5, 0.6) is 5.75 Å². The molecule has 0 unspecified atom stereocenters. The van der Waals surface area contributed by atoms with E-state index in [2.05, 4.69) is 16.8 Å². The van der Waals surface area contributed by atoms with Crippen LogP contribution in [0.2, 0.25) is 0 Å². The standard InChI is InChI=1S/C27H32N2O7/c1-5-27(3,4)26(33)36-23-14-12-22(13-15-23)29-28-21-10-8-20(9-11-21)25(32)35-17-7-6-16-34-24(31)19(2)18-30/h8-15,30H,2,5-7,16-18H2,1,3-4H3. The maximum absolute atomic E-state index is 12.2. The van der Waals surface area contributed by atoms with E-state index < -0.39 is 24.0 Å². The third-order valence-corrected chi connectivity index (χ3v) is 5.35. The minimum absolute atomic E-state index is 0.00314. The highest BCUT2D eigenvalue weighted by Crippen LogP contribution is 2.26. The van der Waals surface area contributed by atoms with Gasteiger partial charge in [0, 0.05) is 0 Å². The summed E-state index contributed by atoms with van der Waals surface area (Å²) in [6, 6.07) is 13.2. The first-order valence-corrected chi connectivity index (χ1v) is 11.6. The van der Waals surface area contributed by atoms with Gasteiger partial charge in [0.15, 0.2) is 0 Å². The second-order valence-electron chi connectivity index (χ2n) is 8.61. The number of rotatable bonds is 13. The van der Waals surface area contributed by atoms with Crippen LogP contribution in [0.1, 0.15) is 50.4 Å². The Kier molecular flexibility index (Phi) is 11.0. The topological polar surface area (TPSA) is 124 Å². The quantitative estimate of drug-likeness (QED) is 0.128. The largest absolute Gasteiger partial charge is 0.462 e. The summed E-state index contributed by atoms with van der Waals surface area (Å²) in [5, 5.41) is 17.1. The van der Waals surface area contributed by atoms with Gasteiger partial charge in [-0.25, -0.2) is 9.59 Å². The zero-order valence-electron chi connectivity index (χ0n) is 20.9. The van der Waals surface area contributed by atoms with Gasteiger partial charge in [-0.05, 0) is 81.6 Å². The highest BCUT2D eigenvalue weighted by Gasteiger charge is 2.27. The Labute approximate surface area is 210 Å². The van der Waals surface area contributed by atoms with Crippen LogP contribution < -0.4 is 4.74 Å². The summed E-state index contributed by atoms with van der Waals surface area (Å²) >= 11 is 0. The molecule has 36 heavy (non-hydrogen) atoms. The van der Waals surface area contributed by atoms with Crippen molar-refractivity contribution in [3.05, 3.63) is 66.2 Å². The van der Waals surface area contributed by atoms with Crippen LogP contribution >= 0.6 is 0 Å². The van der Waals surface area contributed by atoms with E-state index in [-0.39, 0.29) is 24.8 Å². The molecule has 192 valence electrons. The van der Waals surface area contributed by atoms with Gasteiger partial charge in [-0.2, -0.15) is 10.2 Å². The number of hydrogen-bond acceptors (Lipinski definition) is 9. The molecule has 0 spiro atoms. The molecule has 0 saturated carbocycles. The highest BCUT2D eigenvalue weighted by atomic mass is 16.5. The minimum Gasteiger partial charge on any atom is -0.462 e. The van der Waals surface area contributed by atoms with E-state index in [1.807, 2.05) is 20.8 Å². The van der Waals surface area contributed by atoms with E-state index in [4.69, 9.17) is 19.3 Å². The van der Waals surface area contributed by atoms with Crippen molar-refractivity contribution < 1.29 is 33.7 Å². The summed E-state index contributed by atoms with van der Waals surface area (Å²) in [5.41, 5.74) is 0.958. The number of carbonyl (C=O) groups excluding carboxylic acids is 3. The van der Waals surface area contributed by atoms with Crippen molar-refractivity contribution in [2.75, 3.05) is 19.8 Å². The molecule has 0 heterocycles. The van der Waals surface area contributed by atoms with Crippen LogP contribution in [-0.4, -0.2) is 42.8 Å². The molecule has 1 N–H and O–H groups in total. The first-order chi connectivity index (χ1) is 17.2. The number of nitrogens with zero attached hydrogens (tertiary/aromatic N) is 2. The lowest BCUT2D eigenvalue weighted by Crippen LogP contribution is -2.28. The second-order valence-corrected chi connectivity index (χ2v) is 8.61. The molecule has 0 aliphatic rings. The third-order valence-electron chi connectivity index (χ3n) is 5.35. The molecule has 0 aliphatic heterocycles. The molecule has 2 aromatic carbocycles. The molecule has 2 rings (SSSR count). The Balaban J connectivity index is 1.77. The molecular weight excluding hydrogens is 464 g/mol. The number of hydrogen-bond donors (Lipinski definition) is 1. The van der Waals surface area contributed by atoms with Crippen molar-refractivity contribution >= 4 is 29.3 Å². The van der Waals surface area contributed by atoms with Crippen LogP contribution in [0.25, 0.3) is 0 Å². The van der Waals surface area contributed by atoms with E-state index in [9.17, 15) is 14.4 Å². The van der Waals surface area contributed by atoms with Crippen molar-refractivity contribution in [1.82, 2.24) is 0 Å². The van der Waals surface area contributed by atoms with E-state index in [1.165, 1.54) is 0 Å². The normalized spacial score (nSPS) is 11.2. The SMILES string of the molecule is C=C(CO)C(=O)OCCCCOC(=O)c1ccc(N=Nc2ccc(OC(=O)C(C)(C)CC)cc2)cc1. The first kappa shape index (κ1) is 28.4. The number of aliphatic hydroxyl groups is 1. The number of benzene rings is 2. The van der Waals surface area contributed by atoms with Gasteiger partial charge in [0.2, 0.25) is 0 Å². The second kappa shape index (κ2) is 13.9. The Morgan fingerprint density at radius 1 is 0.889 bits per heavy atom. The average molecular weight is 497 g/mol. The van der Waals surface area contributed by atoms with Crippen LogP contribution in [0.4, 0.5) is 11.4 Å². The smallest absolute Gasteiger partial charge is 0.338 e. The van der Waals surface area contributed by atoms with Gasteiger partial charge < -0.3 is 19.3 Å². The van der Waals surface area contributed by atoms with Gasteiger partial charge in [0.1, 0.15) is 5.75 Å². The molecule has 0 aliphatic carbocycles. The van der Waals surface area contributed by atoms with Gasteiger partial charge in [-0.3, -0.25) is 4.79 Å². The van der Waals surface area contributed by atoms with E-state index in [1.54, 1.807) is 48.5 Å². The first-order valence-electron chi connectivity index (χ1n) is 11.6. The van der Waals surface area contributed by atoms with Crippen molar-refractivity contribution in [1.29, 1.82) is 0 Å². The van der Waals surface area contributed by atoms with E-state index in [0.29, 0.717) is 42.0 Å². The molecule has 0 saturated heterocycles. The number of azo groups is 1. The summed E-state index contributed by atoms with van der Waals surface area (Å²) in [5.74, 6) is -0.956. The van der Waals surface area contributed by atoms with Crippen LogP contribution in [0, 0.1) is 5.41 Å². The summed E-state index contributed by atoms with van der Waals surface area (Å²) < 4.78 is 15.5. The number of unbranched alkanes of at least 4 members (excludes halogenated alkanes) is 1. The Morgan fingerprint density at radius 3 is 1.94 bits per heavy atom. The molecule has 2 aromatic rings. The fourth-order valence-corrected chi connectivity index (χ4v) is 2.53. The Hall–Kier alpha value is -3.85. The van der Waals surface area contributed by atoms with Gasteiger partial charge in [-0.1, -0.05) is 13.5 Å². The van der Waals surface area contributed by atoms with Crippen molar-refractivity contribution in [3.8, 4) is 5.75 Å². The summed E-state index contributed by atoms with van der Waals surface area (Å²) in [7, 11) is 0. The van der Waals surface area contributed by atoms with E-state index >= 15 is 0 Å². The molecule has 0 bridgehead atoms. The van der Waals surface area contributed by atoms with Crippen molar-refractivity contribution in [3.63, 3.8) is 0 Å². The number of esters is 3. The fraction of sp³-hybridized carbons (Fsp3) is 0.370. The zero-order valence-corrected chi connectivity index (χ0v) is 20.9. The number of aliphatic hydroxyl groups excluding tert-OH is 1. The molecule has 0 aromatic heterocycles. The summed E-state index contributed by atoms with van der Waals surface area (Å²) in [6.07, 6.45) is 1.71. The molecule has 9 nitrogen and oxygen atoms in total. The van der Waals surface area contributed by atoms with Gasteiger partial charge in [0.25, 0.3) is 0 Å². The summed E-state index contributed by atoms with van der Waals surface area (Å²) in [4.78, 5) is 35.7. The van der Waals surface area contributed by atoms with Crippen LogP contribution in [0.15, 0.2) is 70.9 Å². The molecule has 9 heteroatoms. The van der Waals surface area contributed by atoms with Crippen molar-refractivity contribution in [2.24, 2.45) is 15.6 Å². The van der Waals surface area contributed by atoms with Crippen molar-refractivity contribution in [2.45, 2.75) is 40.0 Å². The lowest BCUT2D eigenvalue weighted by Gasteiger charge is -2.19. The zero-order chi connectivity index (χ0) is 26.6. The minimum atomic E-state index is -0.638. The molecular formula is C27H32N2O7. The van der Waals surface area contributed by atoms with Gasteiger partial charge in [-0.15, -0.1) is 0 Å². The van der Waals surface area contributed by atoms with Crippen LogP contribution in [0.3, 0.4) is 0 Å². The summed E-state index contributed by atoms with van der Waals surface area (Å²) in [6.45, 7) is 8.88. The monoisotopic (exact) mass is 496 g/mol. The predicted octanol–water partition coefficient (Wildman–Crippen LogP) is 5.47. The van der Waals surface area contributed by atoms with E-state index in [0.717, 1.165) is 0 Å². The maximum Gasteiger partial charge on any atom is 0.338 e. The molecule has 0 atom stereocenters. The molecule has 0 fully saturated rings. The Morgan fingerprint density at radius 2 is 1.42 bits per heavy atom. The van der Waals surface area contributed by atoms with Gasteiger partial charge >= 0.3 is 17.9 Å². The molecule has 0 amide bonds. The maximum atomic E-state index is 12.2. The Bertz CT molecular complexity index is 1070. The van der Waals surface area contributed by atoms with Crippen LogP contribution in [-0.2, 0) is 19.1 Å². The molecule has 0 radical (unpaired) electrons. The van der Waals surface area contributed by atoms with Gasteiger partial charge in [0.05, 0.1) is 47.7 Å². The highest BCUT2D eigenvalue weighted by molar-refractivity contribution is 5.89. The third kappa shape index (κ3) is 9.07. The fourth-order valence-electron chi connectivity index (χ4n) is 2.53. The lowest BCUT2D eigenvalue weighted by molar-refractivity contribution is -0.144. The number of carbonyl (C=O) groups is 3. The number of ether oxygens (including phenoxy) is 3. The lowest BCUT2D eigenvalue weighted by atomic mass is 9.91. The average Bonchev–Trinajstić information content (AvgIpc) is 2.89.